The van der Waals surface area contributed by atoms with Crippen molar-refractivity contribution in [2.75, 3.05) is 0 Å². The van der Waals surface area contributed by atoms with Crippen LogP contribution in [-0.4, -0.2) is 11.4 Å². The summed E-state index contributed by atoms with van der Waals surface area (Å²) in [4.78, 5) is 20.6. The van der Waals surface area contributed by atoms with Crippen molar-refractivity contribution in [3.05, 3.63) is 221 Å². The molecule has 0 spiro atoms. The molecule has 0 saturated heterocycles. The van der Waals surface area contributed by atoms with E-state index in [4.69, 9.17) is 20.0 Å². The minimum Gasteiger partial charge on any atom is -0.656 e. The van der Waals surface area contributed by atoms with E-state index in [-0.39, 0.29) is 17.1 Å². The topological polar surface area (TPSA) is 52.9 Å². The molecule has 0 unspecified atom stereocenters. The minimum atomic E-state index is 0. The van der Waals surface area contributed by atoms with Crippen molar-refractivity contribution in [1.29, 1.82) is 0 Å². The summed E-state index contributed by atoms with van der Waals surface area (Å²) < 4.78 is 2.14. The van der Waals surface area contributed by atoms with Crippen molar-refractivity contribution >= 4 is 77.0 Å². The van der Waals surface area contributed by atoms with Crippen LogP contribution in [0.1, 0.15) is 148 Å². The zero-order chi connectivity index (χ0) is 49.9. The first kappa shape index (κ1) is 50.7. The number of hydrogen-bond acceptors (Lipinski definition) is 2. The maximum Gasteiger partial charge on any atom is 2.00 e. The minimum absolute atomic E-state index is 0. The molecule has 6 aromatic carbocycles. The number of aromatic nitrogens is 2. The molecule has 2 aromatic heterocycles. The molecule has 0 atom stereocenters. The Balaban J connectivity index is 0.000000165. The van der Waals surface area contributed by atoms with Crippen LogP contribution in [0.2, 0.25) is 0 Å². The Bertz CT molecular complexity index is 3440. The summed E-state index contributed by atoms with van der Waals surface area (Å²) in [5.74, 6) is 1.82. The van der Waals surface area contributed by atoms with Gasteiger partial charge in [-0.15, -0.1) is 22.8 Å². The van der Waals surface area contributed by atoms with Gasteiger partial charge in [0.15, 0.2) is 0 Å². The summed E-state index contributed by atoms with van der Waals surface area (Å²) in [6.07, 6.45) is 13.1. The predicted octanol–water partition coefficient (Wildman–Crippen LogP) is 18.4. The first-order valence-electron chi connectivity index (χ1n) is 25.8. The number of benzene rings is 6. The Morgan fingerprint density at radius 3 is 1.25 bits per heavy atom. The van der Waals surface area contributed by atoms with Gasteiger partial charge in [0.2, 0.25) is 0 Å². The Kier molecular flexibility index (Phi) is 14.5. The number of rotatable bonds is 8. The van der Waals surface area contributed by atoms with Crippen molar-refractivity contribution < 1.29 is 17.1 Å². The van der Waals surface area contributed by atoms with E-state index in [9.17, 15) is 0 Å². The molecule has 0 bridgehead atoms. The predicted molar refractivity (Wildman–Crippen MR) is 312 cm³/mol. The van der Waals surface area contributed by atoms with E-state index in [0.717, 1.165) is 91.0 Å². The van der Waals surface area contributed by atoms with Crippen LogP contribution in [0, 0.1) is 0 Å². The van der Waals surface area contributed by atoms with Gasteiger partial charge in [0, 0.05) is 20.1 Å². The van der Waals surface area contributed by atoms with Crippen LogP contribution in [0.15, 0.2) is 175 Å². The summed E-state index contributed by atoms with van der Waals surface area (Å²) in [5, 5.41) is 4.68. The zero-order valence-corrected chi connectivity index (χ0v) is 47.0. The summed E-state index contributed by atoms with van der Waals surface area (Å²) in [6.45, 7) is 18.1. The molecule has 0 amide bonds. The molecule has 4 aliphatic rings. The summed E-state index contributed by atoms with van der Waals surface area (Å²) in [5.41, 5.74) is 24.2. The number of aryl methyl sites for hydroxylation is 2. The zero-order valence-electron chi connectivity index (χ0n) is 42.8. The van der Waals surface area contributed by atoms with Crippen LogP contribution < -0.4 is 9.97 Å². The van der Waals surface area contributed by atoms with Gasteiger partial charge >= 0.3 is 17.1 Å². The molecule has 73 heavy (non-hydrogen) atoms. The first-order valence-corrected chi connectivity index (χ1v) is 27.4. The quantitative estimate of drug-likeness (QED) is 0.142. The SMILES string of the molecule is CC(C)c1ccc(-c2[n-]c(C=C3C=C4CCc5ccccc5C4=N3)c3ccc(Br)cc23)c(C(C)C)c1.CC(C)c1ccc(-c2[n-]c(C=C3C=C4CCc5ccccc5C4=N3)c3ccc(Br)cc23)c(C(C)C)c1.[Cu+2]. The van der Waals surface area contributed by atoms with Crippen molar-refractivity contribution in [3.8, 4) is 22.5 Å². The van der Waals surface area contributed by atoms with Gasteiger partial charge < -0.3 is 9.97 Å². The van der Waals surface area contributed by atoms with Crippen LogP contribution in [0.25, 0.3) is 56.2 Å². The van der Waals surface area contributed by atoms with Crippen molar-refractivity contribution in [2.24, 2.45) is 9.98 Å². The fourth-order valence-electron chi connectivity index (χ4n) is 11.0. The smallest absolute Gasteiger partial charge is 0.656 e. The summed E-state index contributed by atoms with van der Waals surface area (Å²) in [7, 11) is 0. The van der Waals surface area contributed by atoms with Gasteiger partial charge in [-0.2, -0.15) is 0 Å². The second-order valence-electron chi connectivity index (χ2n) is 21.1. The molecule has 1 radical (unpaired) electrons. The average Bonchev–Trinajstić information content (AvgIpc) is 4.16. The number of nitrogens with zero attached hydrogens (tertiary/aromatic N) is 4. The molecule has 369 valence electrons. The average molecular weight is 1130 g/mol. The Morgan fingerprint density at radius 2 is 0.849 bits per heavy atom. The van der Waals surface area contributed by atoms with Gasteiger partial charge in [-0.05, 0) is 163 Å². The van der Waals surface area contributed by atoms with E-state index in [1.165, 1.54) is 77.6 Å². The van der Waals surface area contributed by atoms with Crippen LogP contribution in [0.3, 0.4) is 0 Å². The van der Waals surface area contributed by atoms with Gasteiger partial charge in [-0.25, -0.2) is 9.98 Å². The molecular weight excluding hydrogens is 1070 g/mol. The fourth-order valence-corrected chi connectivity index (χ4v) is 11.7. The van der Waals surface area contributed by atoms with Gasteiger partial charge in [0.1, 0.15) is 0 Å². The summed E-state index contributed by atoms with van der Waals surface area (Å²) in [6, 6.07) is 44.1. The number of allylic oxidation sites excluding steroid dienone is 4. The maximum absolute atomic E-state index is 5.25. The molecule has 0 N–H and O–H groups in total. The molecule has 2 aliphatic carbocycles. The van der Waals surface area contributed by atoms with Gasteiger partial charge in [0.05, 0.1) is 22.8 Å². The number of aliphatic imine (C=N–C) groups is 2. The molecule has 2 aliphatic heterocycles. The van der Waals surface area contributed by atoms with Gasteiger partial charge in [-0.1, -0.05) is 196 Å². The monoisotopic (exact) mass is 1130 g/mol. The van der Waals surface area contributed by atoms with E-state index in [1.807, 2.05) is 0 Å². The number of hydrogen-bond donors (Lipinski definition) is 0. The normalized spacial score (nSPS) is 15.8. The van der Waals surface area contributed by atoms with Crippen LogP contribution in [0.5, 0.6) is 0 Å². The summed E-state index contributed by atoms with van der Waals surface area (Å²) >= 11 is 7.39. The molecule has 8 aromatic rings. The number of fused-ring (bicyclic) bond motifs is 8. The van der Waals surface area contributed by atoms with E-state index >= 15 is 0 Å². The molecule has 7 heteroatoms. The molecule has 0 saturated carbocycles. The second kappa shape index (κ2) is 20.8. The molecule has 4 nitrogen and oxygen atoms in total. The van der Waals surface area contributed by atoms with Gasteiger partial charge in [-0.3, -0.25) is 0 Å². The number of halogens is 2. The second-order valence-corrected chi connectivity index (χ2v) is 22.9. The Hall–Kier alpha value is -5.82. The van der Waals surface area contributed by atoms with Crippen LogP contribution in [0.4, 0.5) is 0 Å². The van der Waals surface area contributed by atoms with E-state index < -0.39 is 0 Å². The van der Waals surface area contributed by atoms with Crippen LogP contribution in [-0.2, 0) is 29.9 Å². The van der Waals surface area contributed by atoms with Crippen LogP contribution >= 0.6 is 31.9 Å². The van der Waals surface area contributed by atoms with Gasteiger partial charge in [0.25, 0.3) is 0 Å². The molecule has 4 heterocycles. The van der Waals surface area contributed by atoms with Crippen molar-refractivity contribution in [2.45, 2.75) is 105 Å². The third-order valence-electron chi connectivity index (χ3n) is 14.9. The Labute approximate surface area is 458 Å². The van der Waals surface area contributed by atoms with Crippen molar-refractivity contribution in [1.82, 2.24) is 9.97 Å². The van der Waals surface area contributed by atoms with E-state index in [1.54, 1.807) is 0 Å². The van der Waals surface area contributed by atoms with Crippen molar-refractivity contribution in [3.63, 3.8) is 0 Å². The van der Waals surface area contributed by atoms with E-state index in [0.29, 0.717) is 23.7 Å². The third-order valence-corrected chi connectivity index (χ3v) is 15.9. The third kappa shape index (κ3) is 9.87. The van der Waals surface area contributed by atoms with E-state index in [2.05, 4.69) is 233 Å². The largest absolute Gasteiger partial charge is 2.00 e. The fraction of sp³-hybridized carbons (Fsp3) is 0.242. The standard InChI is InChI=1S/2C33H30BrN2.Cu/c2*1-19(2)22-11-13-28(29(16-22)20(3)4)33-30-17-24(34)12-14-27(30)31(36-33)18-25-15-23-10-9-21-7-5-6-8-26(21)32(23)35-25;/h2*5-8,11-20H,9-10H2,1-4H3;/q2*-1;+2. The first-order chi connectivity index (χ1) is 34.8. The Morgan fingerprint density at radius 1 is 0.438 bits per heavy atom. The molecular formula is C66H60Br2CuN4. The maximum atomic E-state index is 5.25. The molecule has 0 fully saturated rings. The molecule has 12 rings (SSSR count).